The van der Waals surface area contributed by atoms with Gasteiger partial charge in [-0.1, -0.05) is 5.21 Å². The van der Waals surface area contributed by atoms with Gasteiger partial charge in [0.05, 0.1) is 6.20 Å². The van der Waals surface area contributed by atoms with Gasteiger partial charge in [-0.25, -0.2) is 4.68 Å². The number of halogens is 2. The second kappa shape index (κ2) is 2.54. The molecule has 62 valence electrons. The molecule has 1 N–H and O–H groups in total. The van der Waals surface area contributed by atoms with E-state index in [0.29, 0.717) is 0 Å². The van der Waals surface area contributed by atoms with Crippen LogP contribution in [0.5, 0.6) is 0 Å². The number of rotatable bonds is 2. The summed E-state index contributed by atoms with van der Waals surface area (Å²) in [6.07, 6.45) is 0.927. The van der Waals surface area contributed by atoms with Gasteiger partial charge in [-0.3, -0.25) is 0 Å². The van der Waals surface area contributed by atoms with Gasteiger partial charge in [-0.15, -0.1) is 5.10 Å². The SMILES string of the molecule is Cn1nncc1C(F)(F)CO. The third-order valence-electron chi connectivity index (χ3n) is 1.29. The molecule has 0 saturated carbocycles. The van der Waals surface area contributed by atoms with Crippen LogP contribution in [-0.4, -0.2) is 26.7 Å². The topological polar surface area (TPSA) is 50.9 Å². The highest BCUT2D eigenvalue weighted by atomic mass is 19.3. The fourth-order valence-electron chi connectivity index (χ4n) is 0.702. The number of aliphatic hydroxyl groups excluding tert-OH is 1. The molecule has 0 radical (unpaired) electrons. The average Bonchev–Trinajstić information content (AvgIpc) is 2.36. The van der Waals surface area contributed by atoms with Crippen LogP contribution in [0.4, 0.5) is 8.78 Å². The molecule has 0 aliphatic heterocycles. The summed E-state index contributed by atoms with van der Waals surface area (Å²) in [4.78, 5) is 0. The van der Waals surface area contributed by atoms with Crippen LogP contribution in [0, 0.1) is 0 Å². The smallest absolute Gasteiger partial charge is 0.313 e. The van der Waals surface area contributed by atoms with E-state index in [1.165, 1.54) is 7.05 Å². The zero-order valence-corrected chi connectivity index (χ0v) is 5.83. The minimum Gasteiger partial charge on any atom is -0.390 e. The second-order valence-corrected chi connectivity index (χ2v) is 2.11. The van der Waals surface area contributed by atoms with Crippen molar-refractivity contribution in [3.8, 4) is 0 Å². The number of nitrogens with zero attached hydrogens (tertiary/aromatic N) is 3. The van der Waals surface area contributed by atoms with Crippen LogP contribution >= 0.6 is 0 Å². The molecular weight excluding hydrogens is 156 g/mol. The summed E-state index contributed by atoms with van der Waals surface area (Å²) >= 11 is 0. The lowest BCUT2D eigenvalue weighted by molar-refractivity contribution is -0.0620. The molecule has 1 aromatic heterocycles. The molecule has 1 aromatic rings. The average molecular weight is 163 g/mol. The second-order valence-electron chi connectivity index (χ2n) is 2.11. The first-order valence-electron chi connectivity index (χ1n) is 2.92. The van der Waals surface area contributed by atoms with Gasteiger partial charge in [0, 0.05) is 7.05 Å². The summed E-state index contributed by atoms with van der Waals surface area (Å²) in [6.45, 7) is -1.23. The number of aryl methyl sites for hydroxylation is 1. The Morgan fingerprint density at radius 2 is 2.36 bits per heavy atom. The van der Waals surface area contributed by atoms with Crippen molar-refractivity contribution in [3.63, 3.8) is 0 Å². The summed E-state index contributed by atoms with van der Waals surface area (Å²) in [5, 5.41) is 14.8. The molecular formula is C5H7F2N3O. The Morgan fingerprint density at radius 1 is 1.73 bits per heavy atom. The molecule has 0 spiro atoms. The van der Waals surface area contributed by atoms with E-state index >= 15 is 0 Å². The summed E-state index contributed by atoms with van der Waals surface area (Å²) in [5.74, 6) is -3.25. The predicted molar refractivity (Wildman–Crippen MR) is 32.0 cm³/mol. The van der Waals surface area contributed by atoms with Crippen LogP contribution in [0.3, 0.4) is 0 Å². The maximum atomic E-state index is 12.6. The van der Waals surface area contributed by atoms with Crippen molar-refractivity contribution in [1.82, 2.24) is 15.0 Å². The molecule has 4 nitrogen and oxygen atoms in total. The molecule has 0 saturated heterocycles. The van der Waals surface area contributed by atoms with E-state index in [1.54, 1.807) is 0 Å². The third kappa shape index (κ3) is 1.35. The van der Waals surface area contributed by atoms with E-state index in [9.17, 15) is 8.78 Å². The van der Waals surface area contributed by atoms with Crippen LogP contribution in [0.1, 0.15) is 5.69 Å². The van der Waals surface area contributed by atoms with Crippen LogP contribution in [0.15, 0.2) is 6.20 Å². The number of hydrogen-bond acceptors (Lipinski definition) is 3. The van der Waals surface area contributed by atoms with Gasteiger partial charge >= 0.3 is 5.92 Å². The first kappa shape index (κ1) is 8.06. The zero-order chi connectivity index (χ0) is 8.48. The summed E-state index contributed by atoms with van der Waals surface area (Å²) in [7, 11) is 1.34. The van der Waals surface area contributed by atoms with E-state index in [0.717, 1.165) is 10.9 Å². The Kier molecular flexibility index (Phi) is 1.86. The summed E-state index contributed by atoms with van der Waals surface area (Å²) in [6, 6.07) is 0. The number of alkyl halides is 2. The Morgan fingerprint density at radius 3 is 2.73 bits per heavy atom. The third-order valence-corrected chi connectivity index (χ3v) is 1.29. The molecule has 0 fully saturated rings. The molecule has 11 heavy (non-hydrogen) atoms. The van der Waals surface area contributed by atoms with Gasteiger partial charge < -0.3 is 5.11 Å². The zero-order valence-electron chi connectivity index (χ0n) is 5.83. The minimum absolute atomic E-state index is 0.389. The van der Waals surface area contributed by atoms with E-state index in [-0.39, 0.29) is 5.69 Å². The van der Waals surface area contributed by atoms with E-state index in [2.05, 4.69) is 10.3 Å². The molecule has 0 aromatic carbocycles. The lowest BCUT2D eigenvalue weighted by Crippen LogP contribution is -2.22. The van der Waals surface area contributed by atoms with Crippen molar-refractivity contribution in [1.29, 1.82) is 0 Å². The molecule has 0 aliphatic carbocycles. The van der Waals surface area contributed by atoms with Gasteiger partial charge in [-0.2, -0.15) is 8.78 Å². The van der Waals surface area contributed by atoms with Crippen molar-refractivity contribution in [2.45, 2.75) is 5.92 Å². The van der Waals surface area contributed by atoms with Gasteiger partial charge in [0.2, 0.25) is 0 Å². The maximum absolute atomic E-state index is 12.6. The monoisotopic (exact) mass is 163 g/mol. The van der Waals surface area contributed by atoms with E-state index in [1.807, 2.05) is 0 Å². The first-order valence-corrected chi connectivity index (χ1v) is 2.92. The lowest BCUT2D eigenvalue weighted by Gasteiger charge is -2.11. The van der Waals surface area contributed by atoms with Gasteiger partial charge in [-0.05, 0) is 0 Å². The molecule has 6 heteroatoms. The Bertz CT molecular complexity index is 248. The van der Waals surface area contributed by atoms with Crippen LogP contribution < -0.4 is 0 Å². The van der Waals surface area contributed by atoms with Crippen molar-refractivity contribution in [2.24, 2.45) is 7.05 Å². The highest BCUT2D eigenvalue weighted by Crippen LogP contribution is 2.24. The van der Waals surface area contributed by atoms with Crippen molar-refractivity contribution < 1.29 is 13.9 Å². The minimum atomic E-state index is -3.25. The van der Waals surface area contributed by atoms with E-state index < -0.39 is 12.5 Å². The standard InChI is InChI=1S/C5H7F2N3O/c1-10-4(2-8-9-10)5(6,7)3-11/h2,11H,3H2,1H3. The normalized spacial score (nSPS) is 12.0. The number of aromatic nitrogens is 3. The van der Waals surface area contributed by atoms with Gasteiger partial charge in [0.15, 0.2) is 0 Å². The highest BCUT2D eigenvalue weighted by Gasteiger charge is 2.34. The van der Waals surface area contributed by atoms with Crippen molar-refractivity contribution in [2.75, 3.05) is 6.61 Å². The fraction of sp³-hybridized carbons (Fsp3) is 0.600. The molecule has 0 atom stereocenters. The Labute approximate surface area is 61.4 Å². The van der Waals surface area contributed by atoms with Crippen LogP contribution in [0.25, 0.3) is 0 Å². The van der Waals surface area contributed by atoms with Crippen LogP contribution in [0.2, 0.25) is 0 Å². The molecule has 0 amide bonds. The largest absolute Gasteiger partial charge is 0.390 e. The lowest BCUT2D eigenvalue weighted by atomic mass is 10.3. The number of aliphatic hydroxyl groups is 1. The molecule has 1 rings (SSSR count). The quantitative estimate of drug-likeness (QED) is 0.662. The predicted octanol–water partition coefficient (Wildman–Crippen LogP) is -0.101. The Hall–Kier alpha value is -1.04. The molecule has 1 heterocycles. The molecule has 0 bridgehead atoms. The Balaban J connectivity index is 3.00. The summed E-state index contributed by atoms with van der Waals surface area (Å²) < 4.78 is 26.2. The van der Waals surface area contributed by atoms with Crippen LogP contribution in [-0.2, 0) is 13.0 Å². The van der Waals surface area contributed by atoms with E-state index in [4.69, 9.17) is 5.11 Å². The fourth-order valence-corrected chi connectivity index (χ4v) is 0.702. The highest BCUT2D eigenvalue weighted by molar-refractivity contribution is 5.02. The van der Waals surface area contributed by atoms with Crippen molar-refractivity contribution >= 4 is 0 Å². The van der Waals surface area contributed by atoms with Gasteiger partial charge in [0.25, 0.3) is 0 Å². The molecule has 0 aliphatic rings. The number of hydrogen-bond donors (Lipinski definition) is 1. The van der Waals surface area contributed by atoms with Gasteiger partial charge in [0.1, 0.15) is 12.3 Å². The molecule has 0 unspecified atom stereocenters. The maximum Gasteiger partial charge on any atom is 0.313 e. The first-order chi connectivity index (χ1) is 5.08. The van der Waals surface area contributed by atoms with Crippen molar-refractivity contribution in [3.05, 3.63) is 11.9 Å². The summed E-state index contributed by atoms with van der Waals surface area (Å²) in [5.41, 5.74) is -0.389.